The maximum atomic E-state index is 13.2. The Morgan fingerprint density at radius 3 is 2.30 bits per heavy atom. The highest BCUT2D eigenvalue weighted by molar-refractivity contribution is 7.89. The zero-order valence-corrected chi connectivity index (χ0v) is 15.7. The van der Waals surface area contributed by atoms with Crippen molar-refractivity contribution in [2.45, 2.75) is 37.6 Å². The second-order valence-electron chi connectivity index (χ2n) is 6.73. The van der Waals surface area contributed by atoms with Crippen LogP contribution < -0.4 is 0 Å². The quantitative estimate of drug-likeness (QED) is 0.784. The molecule has 0 bridgehead atoms. The number of piperidine rings is 1. The maximum Gasteiger partial charge on any atom is 0.246 e. The van der Waals surface area contributed by atoms with Crippen LogP contribution in [0.2, 0.25) is 0 Å². The third-order valence-electron chi connectivity index (χ3n) is 4.45. The minimum Gasteiger partial charge on any atom is -0.465 e. The monoisotopic (exact) mass is 343 g/mol. The average molecular weight is 343 g/mol. The molecular weight excluding hydrogens is 314 g/mol. The first-order valence-corrected chi connectivity index (χ1v) is 9.58. The summed E-state index contributed by atoms with van der Waals surface area (Å²) in [4.78, 5) is 4.58. The van der Waals surface area contributed by atoms with Crippen LogP contribution in [0.5, 0.6) is 0 Å². The SMILES string of the molecule is Cc1cc(S(=O)(=O)N(CCN(C)C)C2CCN(C)CC2)c(C)o1. The summed E-state index contributed by atoms with van der Waals surface area (Å²) < 4.78 is 33.5. The topological polar surface area (TPSA) is 57.0 Å². The molecule has 132 valence electrons. The van der Waals surface area contributed by atoms with Gasteiger partial charge in [-0.2, -0.15) is 4.31 Å². The van der Waals surface area contributed by atoms with Crippen molar-refractivity contribution >= 4 is 10.0 Å². The summed E-state index contributed by atoms with van der Waals surface area (Å²) in [7, 11) is 2.48. The summed E-state index contributed by atoms with van der Waals surface area (Å²) in [6, 6.07) is 1.70. The predicted octanol–water partition coefficient (Wildman–Crippen LogP) is 1.54. The molecule has 6 nitrogen and oxygen atoms in total. The molecule has 0 radical (unpaired) electrons. The highest BCUT2D eigenvalue weighted by Crippen LogP contribution is 2.27. The van der Waals surface area contributed by atoms with Crippen molar-refractivity contribution in [2.24, 2.45) is 0 Å². The molecular formula is C16H29N3O3S. The van der Waals surface area contributed by atoms with Gasteiger partial charge in [-0.15, -0.1) is 0 Å². The van der Waals surface area contributed by atoms with E-state index in [9.17, 15) is 8.42 Å². The number of sulfonamides is 1. The molecule has 1 aromatic heterocycles. The van der Waals surface area contributed by atoms with E-state index in [0.29, 0.717) is 29.5 Å². The smallest absolute Gasteiger partial charge is 0.246 e. The Morgan fingerprint density at radius 2 is 1.83 bits per heavy atom. The lowest BCUT2D eigenvalue weighted by atomic mass is 10.1. The zero-order valence-electron chi connectivity index (χ0n) is 14.9. The first-order chi connectivity index (χ1) is 10.7. The third-order valence-corrected chi connectivity index (χ3v) is 6.50. The van der Waals surface area contributed by atoms with Crippen LogP contribution in [0.15, 0.2) is 15.4 Å². The Morgan fingerprint density at radius 1 is 1.22 bits per heavy atom. The number of nitrogens with zero attached hydrogens (tertiary/aromatic N) is 3. The molecule has 0 unspecified atom stereocenters. The van der Waals surface area contributed by atoms with Crippen molar-refractivity contribution < 1.29 is 12.8 Å². The first kappa shape index (κ1) is 18.4. The van der Waals surface area contributed by atoms with Crippen molar-refractivity contribution in [1.82, 2.24) is 14.1 Å². The molecule has 1 saturated heterocycles. The summed E-state index contributed by atoms with van der Waals surface area (Å²) in [5.74, 6) is 1.11. The number of aryl methyl sites for hydroxylation is 2. The summed E-state index contributed by atoms with van der Waals surface area (Å²) in [5.41, 5.74) is 0. The lowest BCUT2D eigenvalue weighted by Gasteiger charge is -2.36. The molecule has 0 spiro atoms. The molecule has 0 N–H and O–H groups in total. The molecule has 0 atom stereocenters. The minimum absolute atomic E-state index is 0.0609. The number of furan rings is 1. The average Bonchev–Trinajstić information content (AvgIpc) is 2.80. The van der Waals surface area contributed by atoms with E-state index in [4.69, 9.17) is 4.42 Å². The minimum atomic E-state index is -3.53. The Bertz CT molecular complexity index is 617. The normalized spacial score (nSPS) is 18.2. The molecule has 0 saturated carbocycles. The van der Waals surface area contributed by atoms with Gasteiger partial charge in [0.25, 0.3) is 0 Å². The van der Waals surface area contributed by atoms with Crippen LogP contribution in [-0.2, 0) is 10.0 Å². The van der Waals surface area contributed by atoms with Crippen LogP contribution in [0.1, 0.15) is 24.4 Å². The number of hydrogen-bond acceptors (Lipinski definition) is 5. The largest absolute Gasteiger partial charge is 0.465 e. The van der Waals surface area contributed by atoms with Crippen molar-refractivity contribution in [3.63, 3.8) is 0 Å². The van der Waals surface area contributed by atoms with Crippen LogP contribution in [0.3, 0.4) is 0 Å². The van der Waals surface area contributed by atoms with Crippen LogP contribution in [0, 0.1) is 13.8 Å². The highest BCUT2D eigenvalue weighted by Gasteiger charge is 2.35. The third kappa shape index (κ3) is 4.35. The van der Waals surface area contributed by atoms with Crippen molar-refractivity contribution in [2.75, 3.05) is 47.3 Å². The van der Waals surface area contributed by atoms with Gasteiger partial charge in [-0.05, 0) is 67.0 Å². The van der Waals surface area contributed by atoms with E-state index in [1.165, 1.54) is 0 Å². The zero-order chi connectivity index (χ0) is 17.2. The molecule has 1 fully saturated rings. The van der Waals surface area contributed by atoms with E-state index in [-0.39, 0.29) is 6.04 Å². The highest BCUT2D eigenvalue weighted by atomic mass is 32.2. The lowest BCUT2D eigenvalue weighted by Crippen LogP contribution is -2.48. The summed E-state index contributed by atoms with van der Waals surface area (Å²) in [6.07, 6.45) is 1.75. The Hall–Kier alpha value is -0.890. The van der Waals surface area contributed by atoms with E-state index in [1.54, 1.807) is 24.2 Å². The van der Waals surface area contributed by atoms with Gasteiger partial charge in [0.05, 0.1) is 0 Å². The van der Waals surface area contributed by atoms with Crippen LogP contribution in [0.4, 0.5) is 0 Å². The van der Waals surface area contributed by atoms with Gasteiger partial charge in [0.2, 0.25) is 10.0 Å². The fraction of sp³-hybridized carbons (Fsp3) is 0.750. The van der Waals surface area contributed by atoms with Gasteiger partial charge in [-0.3, -0.25) is 0 Å². The molecule has 0 aliphatic carbocycles. The lowest BCUT2D eigenvalue weighted by molar-refractivity contribution is 0.175. The number of likely N-dealkylation sites (N-methyl/N-ethyl adjacent to an activating group) is 1. The van der Waals surface area contributed by atoms with E-state index < -0.39 is 10.0 Å². The summed E-state index contributed by atoms with van der Waals surface area (Å²) in [6.45, 7) is 6.59. The van der Waals surface area contributed by atoms with Gasteiger partial charge in [-0.1, -0.05) is 0 Å². The molecule has 1 aromatic rings. The first-order valence-electron chi connectivity index (χ1n) is 8.14. The Balaban J connectivity index is 2.29. The van der Waals surface area contributed by atoms with E-state index in [0.717, 1.165) is 25.9 Å². The number of hydrogen-bond donors (Lipinski definition) is 0. The molecule has 1 aliphatic rings. The predicted molar refractivity (Wildman–Crippen MR) is 91.1 cm³/mol. The molecule has 23 heavy (non-hydrogen) atoms. The van der Waals surface area contributed by atoms with E-state index in [1.807, 2.05) is 19.0 Å². The van der Waals surface area contributed by atoms with Crippen molar-refractivity contribution in [3.8, 4) is 0 Å². The summed E-state index contributed by atoms with van der Waals surface area (Å²) in [5, 5.41) is 0. The number of rotatable bonds is 6. The molecule has 7 heteroatoms. The fourth-order valence-electron chi connectivity index (χ4n) is 3.07. The van der Waals surface area contributed by atoms with E-state index in [2.05, 4.69) is 11.9 Å². The molecule has 2 heterocycles. The van der Waals surface area contributed by atoms with Gasteiger partial charge in [-0.25, -0.2) is 8.42 Å². The second kappa shape index (κ2) is 7.34. The Labute approximate surface area is 140 Å². The van der Waals surface area contributed by atoms with Gasteiger partial charge in [0.1, 0.15) is 16.4 Å². The Kier molecular flexibility index (Phi) is 5.89. The standard InChI is InChI=1S/C16H29N3O3S/c1-13-12-16(14(2)22-13)23(20,21)19(11-10-17(3)4)15-6-8-18(5)9-7-15/h12,15H,6-11H2,1-5H3. The van der Waals surface area contributed by atoms with Gasteiger partial charge in [0, 0.05) is 19.1 Å². The van der Waals surface area contributed by atoms with E-state index >= 15 is 0 Å². The van der Waals surface area contributed by atoms with Gasteiger partial charge >= 0.3 is 0 Å². The van der Waals surface area contributed by atoms with Crippen LogP contribution >= 0.6 is 0 Å². The molecule has 0 aromatic carbocycles. The molecule has 1 aliphatic heterocycles. The molecule has 0 amide bonds. The van der Waals surface area contributed by atoms with Gasteiger partial charge in [0.15, 0.2) is 0 Å². The van der Waals surface area contributed by atoms with Gasteiger partial charge < -0.3 is 14.2 Å². The second-order valence-corrected chi connectivity index (χ2v) is 8.59. The number of likely N-dealkylation sites (tertiary alicyclic amines) is 1. The van der Waals surface area contributed by atoms with Crippen molar-refractivity contribution in [1.29, 1.82) is 0 Å². The van der Waals surface area contributed by atoms with Crippen LogP contribution in [0.25, 0.3) is 0 Å². The summed E-state index contributed by atoms with van der Waals surface area (Å²) >= 11 is 0. The van der Waals surface area contributed by atoms with Crippen molar-refractivity contribution in [3.05, 3.63) is 17.6 Å². The maximum absolute atomic E-state index is 13.2. The molecule has 2 rings (SSSR count). The van der Waals surface area contributed by atoms with Crippen LogP contribution in [-0.4, -0.2) is 75.9 Å². The fourth-order valence-corrected chi connectivity index (χ4v) is 4.97.